The molecule has 0 aliphatic rings. The molecule has 3 N–H and O–H groups in total. The number of aromatic carboxylic acids is 1. The van der Waals surface area contributed by atoms with Gasteiger partial charge in [-0.15, -0.1) is 0 Å². The fraction of sp³-hybridized carbons (Fsp3) is 0.280. The van der Waals surface area contributed by atoms with E-state index in [1.54, 1.807) is 18.2 Å². The lowest BCUT2D eigenvalue weighted by Crippen LogP contribution is -2.49. The molecular weight excluding hydrogens is 611 g/mol. The number of hydrogen-bond acceptors (Lipinski definition) is 8. The van der Waals surface area contributed by atoms with E-state index in [9.17, 15) is 41.8 Å². The van der Waals surface area contributed by atoms with Gasteiger partial charge in [-0.2, -0.15) is 5.10 Å². The van der Waals surface area contributed by atoms with Gasteiger partial charge < -0.3 is 20.3 Å². The highest BCUT2D eigenvalue weighted by molar-refractivity contribution is 7.90. The minimum Gasteiger partial charge on any atom is -0.477 e. The van der Waals surface area contributed by atoms with E-state index in [2.05, 4.69) is 10.4 Å². The van der Waals surface area contributed by atoms with Gasteiger partial charge in [-0.3, -0.25) is 9.48 Å². The van der Waals surface area contributed by atoms with Crippen LogP contribution in [0.1, 0.15) is 32.0 Å². The quantitative estimate of drug-likeness (QED) is 0.254. The third-order valence-corrected chi connectivity index (χ3v) is 7.23. The number of halogens is 4. The van der Waals surface area contributed by atoms with Crippen LogP contribution in [0, 0.1) is 11.6 Å². The molecule has 1 aromatic heterocycles. The first-order valence-electron chi connectivity index (χ1n) is 11.7. The normalized spacial score (nSPS) is 12.9. The molecule has 3 rings (SSSR count). The van der Waals surface area contributed by atoms with E-state index in [0.717, 1.165) is 24.6 Å². The molecule has 0 unspecified atom stereocenters. The van der Waals surface area contributed by atoms with Crippen molar-refractivity contribution in [2.24, 2.45) is 0 Å². The Hall–Kier alpha value is -3.59. The van der Waals surface area contributed by atoms with E-state index < -0.39 is 87.2 Å². The summed E-state index contributed by atoms with van der Waals surface area (Å²) < 4.78 is 56.8. The number of nitrogens with zero attached hydrogens (tertiary/aromatic N) is 2. The second-order valence-corrected chi connectivity index (χ2v) is 11.9. The van der Waals surface area contributed by atoms with Crippen molar-refractivity contribution in [3.05, 3.63) is 86.7 Å². The molecule has 0 fully saturated rings. The monoisotopic (exact) mass is 633 g/mol. The molecule has 1 amide bonds. The van der Waals surface area contributed by atoms with Gasteiger partial charge in [-0.05, 0) is 30.2 Å². The van der Waals surface area contributed by atoms with Crippen LogP contribution >= 0.6 is 23.2 Å². The number of carboxylic acids is 1. The van der Waals surface area contributed by atoms with E-state index in [4.69, 9.17) is 27.9 Å². The summed E-state index contributed by atoms with van der Waals surface area (Å²) >= 11 is 11.8. The zero-order valence-corrected chi connectivity index (χ0v) is 23.5. The van der Waals surface area contributed by atoms with Gasteiger partial charge in [0.05, 0.1) is 30.1 Å². The number of carbonyl (C=O) groups is 3. The zero-order valence-electron chi connectivity index (χ0n) is 21.2. The van der Waals surface area contributed by atoms with Crippen molar-refractivity contribution < 1.29 is 46.5 Å². The van der Waals surface area contributed by atoms with Crippen molar-refractivity contribution in [1.29, 1.82) is 0 Å². The van der Waals surface area contributed by atoms with Gasteiger partial charge in [0.15, 0.2) is 21.6 Å². The lowest BCUT2D eigenvalue weighted by Gasteiger charge is -2.23. The van der Waals surface area contributed by atoms with E-state index in [-0.39, 0.29) is 16.5 Å². The van der Waals surface area contributed by atoms with Crippen LogP contribution in [0.4, 0.5) is 8.78 Å². The fourth-order valence-electron chi connectivity index (χ4n) is 3.70. The van der Waals surface area contributed by atoms with Gasteiger partial charge in [-0.1, -0.05) is 41.4 Å². The standard InChI is InChI=1S/C25H23Cl2F2N3O8S/c1-41(38,39)7-6-40-25(37)22(33)20(8-13-4-2-3-5-17(13)27)31-23(34)15-11-30-32(21(15)24(35)36)12-16-18(28)9-14(26)10-19(16)29/h2-5,9-11,20,22,33H,6-8,12H2,1H3,(H,31,34)(H,35,36)/t20-,22-/m1/s1. The molecular formula is C25H23Cl2F2N3O8S. The molecule has 0 spiro atoms. The topological polar surface area (TPSA) is 165 Å². The molecule has 1 heterocycles. The van der Waals surface area contributed by atoms with Gasteiger partial charge in [0.1, 0.15) is 18.2 Å². The summed E-state index contributed by atoms with van der Waals surface area (Å²) in [6, 6.07) is 6.52. The van der Waals surface area contributed by atoms with Crippen LogP contribution in [0.2, 0.25) is 10.0 Å². The molecule has 0 aliphatic carbocycles. The second kappa shape index (κ2) is 13.4. The molecule has 41 heavy (non-hydrogen) atoms. The number of hydrogen-bond donors (Lipinski definition) is 3. The minimum atomic E-state index is -3.48. The van der Waals surface area contributed by atoms with Gasteiger partial charge in [0.25, 0.3) is 5.91 Å². The summed E-state index contributed by atoms with van der Waals surface area (Å²) in [5, 5.41) is 26.6. The Bertz CT molecular complexity index is 1560. The van der Waals surface area contributed by atoms with Crippen LogP contribution < -0.4 is 5.32 Å². The first-order chi connectivity index (χ1) is 19.2. The number of benzene rings is 2. The van der Waals surface area contributed by atoms with Crippen LogP contribution in [0.15, 0.2) is 42.6 Å². The summed E-state index contributed by atoms with van der Waals surface area (Å²) in [4.78, 5) is 37.7. The minimum absolute atomic E-state index is 0.222. The third kappa shape index (κ3) is 8.45. The number of nitrogens with one attached hydrogen (secondary N) is 1. The second-order valence-electron chi connectivity index (χ2n) is 8.84. The lowest BCUT2D eigenvalue weighted by atomic mass is 10.0. The fourth-order valence-corrected chi connectivity index (χ4v) is 4.49. The Morgan fingerprint density at radius 2 is 1.78 bits per heavy atom. The molecule has 16 heteroatoms. The molecule has 0 aliphatic heterocycles. The maximum absolute atomic E-state index is 14.3. The first-order valence-corrected chi connectivity index (χ1v) is 14.5. The molecule has 0 saturated carbocycles. The van der Waals surface area contributed by atoms with Crippen molar-refractivity contribution >= 4 is 50.9 Å². The van der Waals surface area contributed by atoms with Crippen LogP contribution in [-0.4, -0.2) is 77.0 Å². The summed E-state index contributed by atoms with van der Waals surface area (Å²) in [6.07, 6.45) is -0.497. The number of ether oxygens (including phenoxy) is 1. The maximum atomic E-state index is 14.3. The highest BCUT2D eigenvalue weighted by atomic mass is 35.5. The SMILES string of the molecule is CS(=O)(=O)CCOC(=O)[C@H](O)[C@@H](Cc1ccccc1Cl)NC(=O)c1cnn(Cc2c(F)cc(Cl)cc2F)c1C(=O)O. The van der Waals surface area contributed by atoms with Gasteiger partial charge in [0.2, 0.25) is 0 Å². The number of aromatic nitrogens is 2. The highest BCUT2D eigenvalue weighted by Gasteiger charge is 2.32. The molecule has 0 radical (unpaired) electrons. The summed E-state index contributed by atoms with van der Waals surface area (Å²) in [5.74, 6) is -6.66. The Kier molecular flexibility index (Phi) is 10.4. The van der Waals surface area contributed by atoms with Crippen LogP contribution in [0.25, 0.3) is 0 Å². The maximum Gasteiger partial charge on any atom is 0.355 e. The van der Waals surface area contributed by atoms with E-state index >= 15 is 0 Å². The first kappa shape index (κ1) is 31.9. The number of amides is 1. The van der Waals surface area contributed by atoms with Crippen LogP contribution in [0.5, 0.6) is 0 Å². The Morgan fingerprint density at radius 1 is 1.15 bits per heavy atom. The smallest absolute Gasteiger partial charge is 0.355 e. The molecule has 0 bridgehead atoms. The third-order valence-electron chi connectivity index (χ3n) is 5.74. The van der Waals surface area contributed by atoms with Gasteiger partial charge in [0, 0.05) is 21.9 Å². The summed E-state index contributed by atoms with van der Waals surface area (Å²) in [5.41, 5.74) is -1.45. The Morgan fingerprint density at radius 3 is 2.37 bits per heavy atom. The Labute approximate surface area is 242 Å². The predicted molar refractivity (Wildman–Crippen MR) is 143 cm³/mol. The molecule has 3 aromatic rings. The summed E-state index contributed by atoms with van der Waals surface area (Å²) in [7, 11) is -3.48. The molecule has 11 nitrogen and oxygen atoms in total. The number of aliphatic hydroxyl groups is 1. The predicted octanol–water partition coefficient (Wildman–Crippen LogP) is 2.50. The summed E-state index contributed by atoms with van der Waals surface area (Å²) in [6.45, 7) is -1.27. The average Bonchev–Trinajstić information content (AvgIpc) is 3.30. The average molecular weight is 634 g/mol. The van der Waals surface area contributed by atoms with Crippen molar-refractivity contribution in [2.75, 3.05) is 18.6 Å². The Balaban J connectivity index is 1.90. The molecule has 2 aromatic carbocycles. The highest BCUT2D eigenvalue weighted by Crippen LogP contribution is 2.22. The number of sulfone groups is 1. The largest absolute Gasteiger partial charge is 0.477 e. The molecule has 0 saturated heterocycles. The van der Waals surface area contributed by atoms with Crippen molar-refractivity contribution in [3.63, 3.8) is 0 Å². The van der Waals surface area contributed by atoms with Crippen molar-refractivity contribution in [1.82, 2.24) is 15.1 Å². The van der Waals surface area contributed by atoms with E-state index in [1.165, 1.54) is 6.07 Å². The van der Waals surface area contributed by atoms with Crippen LogP contribution in [-0.2, 0) is 32.3 Å². The van der Waals surface area contributed by atoms with E-state index in [0.29, 0.717) is 10.2 Å². The van der Waals surface area contributed by atoms with Crippen molar-refractivity contribution in [2.45, 2.75) is 25.1 Å². The number of aliphatic hydroxyl groups excluding tert-OH is 1. The number of rotatable bonds is 12. The molecule has 220 valence electrons. The van der Waals surface area contributed by atoms with Gasteiger partial charge >= 0.3 is 11.9 Å². The number of carboxylic acid groups (broad SMARTS) is 1. The van der Waals surface area contributed by atoms with Gasteiger partial charge in [-0.25, -0.2) is 26.8 Å². The number of esters is 1. The number of carbonyl (C=O) groups excluding carboxylic acids is 2. The zero-order chi connectivity index (χ0) is 30.5. The van der Waals surface area contributed by atoms with E-state index in [1.807, 2.05) is 0 Å². The van der Waals surface area contributed by atoms with Crippen molar-refractivity contribution in [3.8, 4) is 0 Å². The lowest BCUT2D eigenvalue weighted by molar-refractivity contribution is -0.154. The molecule has 2 atom stereocenters. The van der Waals surface area contributed by atoms with Crippen LogP contribution in [0.3, 0.4) is 0 Å².